The van der Waals surface area contributed by atoms with Gasteiger partial charge in [-0.15, -0.1) is 11.3 Å². The molecule has 0 aliphatic heterocycles. The summed E-state index contributed by atoms with van der Waals surface area (Å²) in [7, 11) is 1.74. The van der Waals surface area contributed by atoms with Gasteiger partial charge in [-0.3, -0.25) is 0 Å². The molecule has 166 valence electrons. The Balaban J connectivity index is 1.55. The van der Waals surface area contributed by atoms with E-state index in [0.717, 1.165) is 49.9 Å². The zero-order valence-corrected chi connectivity index (χ0v) is 21.4. The second-order valence-corrected chi connectivity index (χ2v) is 10.3. The highest BCUT2D eigenvalue weighted by Gasteiger charge is 2.18. The molecule has 2 aromatic heterocycles. The number of ether oxygens (including phenoxy) is 1. The first-order valence-corrected chi connectivity index (χ1v) is 12.7. The number of aromatic nitrogens is 2. The van der Waals surface area contributed by atoms with Gasteiger partial charge in [-0.05, 0) is 54.4 Å². The van der Waals surface area contributed by atoms with Crippen LogP contribution in [0.5, 0.6) is 5.75 Å². The van der Waals surface area contributed by atoms with Crippen LogP contribution in [0.25, 0.3) is 22.2 Å². The highest BCUT2D eigenvalue weighted by molar-refractivity contribution is 9.10. The lowest BCUT2D eigenvalue weighted by Gasteiger charge is -2.12. The van der Waals surface area contributed by atoms with Gasteiger partial charge in [0.25, 0.3) is 0 Å². The fourth-order valence-corrected chi connectivity index (χ4v) is 5.44. The number of H-pyrrole nitrogens is 1. The summed E-state index contributed by atoms with van der Waals surface area (Å²) in [6, 6.07) is 20.5. The average molecular weight is 538 g/mol. The molecule has 3 nitrogen and oxygen atoms in total. The first kappa shape index (κ1) is 22.2. The van der Waals surface area contributed by atoms with Gasteiger partial charge in [-0.25, -0.2) is 4.98 Å². The number of hydrogen-bond acceptors (Lipinski definition) is 3. The minimum Gasteiger partial charge on any atom is -0.496 e. The second-order valence-electron chi connectivity index (χ2n) is 8.01. The summed E-state index contributed by atoms with van der Waals surface area (Å²) in [5, 5.41) is 5.17. The van der Waals surface area contributed by atoms with Crippen LogP contribution >= 0.6 is 38.9 Å². The zero-order valence-electron chi connectivity index (χ0n) is 18.3. The Bertz CT molecular complexity index is 1420. The molecule has 2 heterocycles. The molecule has 0 fully saturated rings. The van der Waals surface area contributed by atoms with Crippen molar-refractivity contribution >= 4 is 49.8 Å². The summed E-state index contributed by atoms with van der Waals surface area (Å²) in [4.78, 5) is 8.50. The van der Waals surface area contributed by atoms with Crippen molar-refractivity contribution in [1.29, 1.82) is 0 Å². The minimum atomic E-state index is 0.732. The van der Waals surface area contributed by atoms with E-state index in [-0.39, 0.29) is 0 Å². The van der Waals surface area contributed by atoms with Crippen molar-refractivity contribution in [2.24, 2.45) is 0 Å². The molecule has 0 saturated heterocycles. The summed E-state index contributed by atoms with van der Waals surface area (Å²) < 4.78 is 6.87. The Hall–Kier alpha value is -2.60. The molecule has 33 heavy (non-hydrogen) atoms. The smallest absolute Gasteiger partial charge is 0.123 e. The number of aryl methyl sites for hydroxylation is 1. The Morgan fingerprint density at radius 2 is 1.73 bits per heavy atom. The van der Waals surface area contributed by atoms with E-state index in [9.17, 15) is 0 Å². The number of hydrogen-bond donors (Lipinski definition) is 1. The van der Waals surface area contributed by atoms with E-state index >= 15 is 0 Å². The van der Waals surface area contributed by atoms with Crippen LogP contribution in [-0.4, -0.2) is 17.1 Å². The van der Waals surface area contributed by atoms with Gasteiger partial charge in [0.2, 0.25) is 0 Å². The number of methoxy groups -OCH3 is 1. The van der Waals surface area contributed by atoms with Crippen molar-refractivity contribution in [2.45, 2.75) is 19.8 Å². The lowest BCUT2D eigenvalue weighted by Crippen LogP contribution is -1.97. The highest BCUT2D eigenvalue weighted by Crippen LogP contribution is 2.36. The van der Waals surface area contributed by atoms with Crippen LogP contribution < -0.4 is 4.74 Å². The quantitative estimate of drug-likeness (QED) is 0.237. The third-order valence-electron chi connectivity index (χ3n) is 5.88. The first-order chi connectivity index (χ1) is 16.0. The van der Waals surface area contributed by atoms with Crippen LogP contribution in [0.1, 0.15) is 27.4 Å². The maximum absolute atomic E-state index is 6.04. The average Bonchev–Trinajstić information content (AvgIpc) is 3.41. The molecule has 0 atom stereocenters. The van der Waals surface area contributed by atoms with E-state index in [1.54, 1.807) is 18.4 Å². The molecular weight excluding hydrogens is 516 g/mol. The van der Waals surface area contributed by atoms with Gasteiger partial charge in [-0.2, -0.15) is 0 Å². The van der Waals surface area contributed by atoms with E-state index in [1.165, 1.54) is 27.8 Å². The summed E-state index contributed by atoms with van der Waals surface area (Å²) >= 11 is 11.3. The lowest BCUT2D eigenvalue weighted by molar-refractivity contribution is 0.411. The first-order valence-electron chi connectivity index (χ1n) is 10.6. The molecule has 0 saturated carbocycles. The molecule has 0 aliphatic carbocycles. The summed E-state index contributed by atoms with van der Waals surface area (Å²) in [5.74, 6) is 0.909. The maximum Gasteiger partial charge on any atom is 0.123 e. The third-order valence-corrected chi connectivity index (χ3v) is 7.51. The fraction of sp³-hybridized carbons (Fsp3) is 0.148. The van der Waals surface area contributed by atoms with Gasteiger partial charge < -0.3 is 9.72 Å². The van der Waals surface area contributed by atoms with Crippen LogP contribution in [0.2, 0.25) is 5.02 Å². The van der Waals surface area contributed by atoms with Gasteiger partial charge in [0.1, 0.15) is 5.75 Å². The normalized spacial score (nSPS) is 11.3. The molecule has 0 aliphatic rings. The number of thiazole rings is 1. The molecule has 6 heteroatoms. The maximum atomic E-state index is 6.04. The molecule has 0 radical (unpaired) electrons. The monoisotopic (exact) mass is 536 g/mol. The van der Waals surface area contributed by atoms with Crippen molar-refractivity contribution in [1.82, 2.24) is 9.97 Å². The van der Waals surface area contributed by atoms with Gasteiger partial charge >= 0.3 is 0 Å². The molecule has 5 rings (SSSR count). The van der Waals surface area contributed by atoms with E-state index in [2.05, 4.69) is 69.6 Å². The topological polar surface area (TPSA) is 37.9 Å². The predicted octanol–water partition coefficient (Wildman–Crippen LogP) is 8.21. The number of nitrogens with one attached hydrogen (secondary N) is 1. The number of aromatic amines is 1. The number of nitrogens with zero attached hydrogens (tertiary/aromatic N) is 1. The van der Waals surface area contributed by atoms with Crippen LogP contribution in [0.4, 0.5) is 0 Å². The largest absolute Gasteiger partial charge is 0.496 e. The highest BCUT2D eigenvalue weighted by atomic mass is 79.9. The van der Waals surface area contributed by atoms with E-state index in [1.807, 2.05) is 24.3 Å². The number of fused-ring (bicyclic) bond motifs is 1. The molecule has 0 unspecified atom stereocenters. The third kappa shape index (κ3) is 4.58. The summed E-state index contributed by atoms with van der Waals surface area (Å²) in [5.41, 5.74) is 8.07. The fourth-order valence-electron chi connectivity index (χ4n) is 4.23. The van der Waals surface area contributed by atoms with Crippen molar-refractivity contribution in [3.05, 3.63) is 103 Å². The van der Waals surface area contributed by atoms with Crippen LogP contribution in [-0.2, 0) is 12.8 Å². The molecule has 0 bridgehead atoms. The molecule has 0 amide bonds. The number of halogens is 2. The van der Waals surface area contributed by atoms with Gasteiger partial charge in [0.15, 0.2) is 0 Å². The van der Waals surface area contributed by atoms with Crippen LogP contribution in [0, 0.1) is 6.92 Å². The van der Waals surface area contributed by atoms with Gasteiger partial charge in [-0.1, -0.05) is 51.8 Å². The van der Waals surface area contributed by atoms with Crippen LogP contribution in [0.3, 0.4) is 0 Å². The molecule has 5 aromatic rings. The minimum absolute atomic E-state index is 0.732. The van der Waals surface area contributed by atoms with Crippen LogP contribution in [0.15, 0.2) is 70.5 Å². The molecule has 0 spiro atoms. The summed E-state index contributed by atoms with van der Waals surface area (Å²) in [6.07, 6.45) is 1.57. The Labute approximate surface area is 210 Å². The lowest BCUT2D eigenvalue weighted by atomic mass is 9.96. The standard InChI is InChI=1S/C27H22BrClN2OS/c1-16-21(14-26-31-24(15-33-26)18-5-9-20(29)10-6-18)27-22(13-17-3-7-19(28)8-4-17)25(32-2)12-11-23(27)30-16/h3-12,15,30H,13-14H2,1-2H3. The molecule has 1 N–H and O–H groups in total. The van der Waals surface area contributed by atoms with Crippen molar-refractivity contribution in [2.75, 3.05) is 7.11 Å². The Kier molecular flexibility index (Phi) is 6.28. The van der Waals surface area contributed by atoms with Crippen molar-refractivity contribution in [3.8, 4) is 17.0 Å². The van der Waals surface area contributed by atoms with E-state index in [0.29, 0.717) is 0 Å². The number of rotatable bonds is 6. The Morgan fingerprint density at radius 3 is 2.45 bits per heavy atom. The van der Waals surface area contributed by atoms with E-state index in [4.69, 9.17) is 21.3 Å². The second kappa shape index (κ2) is 9.34. The molecule has 3 aromatic carbocycles. The predicted molar refractivity (Wildman–Crippen MR) is 142 cm³/mol. The van der Waals surface area contributed by atoms with Gasteiger partial charge in [0.05, 0.1) is 17.8 Å². The summed E-state index contributed by atoms with van der Waals surface area (Å²) in [6.45, 7) is 2.14. The van der Waals surface area contributed by atoms with E-state index < -0.39 is 0 Å². The SMILES string of the molecule is COc1ccc2[nH]c(C)c(Cc3nc(-c4ccc(Cl)cc4)cs3)c2c1Cc1ccc(Br)cc1. The zero-order chi connectivity index (χ0) is 22.9. The van der Waals surface area contributed by atoms with Crippen molar-refractivity contribution in [3.63, 3.8) is 0 Å². The van der Waals surface area contributed by atoms with Crippen molar-refractivity contribution < 1.29 is 4.74 Å². The Morgan fingerprint density at radius 1 is 0.970 bits per heavy atom. The van der Waals surface area contributed by atoms with Gasteiger partial charge in [0, 0.05) is 55.4 Å². The molecular formula is C27H22BrClN2OS. The number of benzene rings is 3.